The smallest absolute Gasteiger partial charge is 0.324 e. The minimum Gasteiger partial charge on any atom is -0.480 e. The van der Waals surface area contributed by atoms with Gasteiger partial charge in [-0.25, -0.2) is 0 Å². The van der Waals surface area contributed by atoms with Crippen LogP contribution in [0.25, 0.3) is 11.1 Å². The van der Waals surface area contributed by atoms with Crippen LogP contribution in [0.3, 0.4) is 0 Å². The van der Waals surface area contributed by atoms with E-state index >= 15 is 0 Å². The highest BCUT2D eigenvalue weighted by molar-refractivity contribution is 5.87. The summed E-state index contributed by atoms with van der Waals surface area (Å²) in [7, 11) is 0. The van der Waals surface area contributed by atoms with Gasteiger partial charge in [0, 0.05) is 5.92 Å². The molecule has 5 heteroatoms. The number of esters is 1. The second kappa shape index (κ2) is 7.98. The summed E-state index contributed by atoms with van der Waals surface area (Å²) in [6.07, 6.45) is 2.40. The van der Waals surface area contributed by atoms with E-state index in [0.29, 0.717) is 6.42 Å². The van der Waals surface area contributed by atoms with Gasteiger partial charge in [0.05, 0.1) is 5.92 Å². The quantitative estimate of drug-likeness (QED) is 0.539. The Balaban J connectivity index is 1.81. The van der Waals surface area contributed by atoms with Crippen molar-refractivity contribution in [1.82, 2.24) is 0 Å². The molecule has 146 valence electrons. The van der Waals surface area contributed by atoms with Crippen LogP contribution in [0.2, 0.25) is 0 Å². The van der Waals surface area contributed by atoms with Crippen LogP contribution < -0.4 is 5.73 Å². The number of aliphatic carboxylic acids is 1. The van der Waals surface area contributed by atoms with E-state index in [1.807, 2.05) is 36.4 Å². The Bertz CT molecular complexity index is 857. The molecular weight excluding hydrogens is 354 g/mol. The summed E-state index contributed by atoms with van der Waals surface area (Å²) in [5.74, 6) is -2.84. The van der Waals surface area contributed by atoms with Crippen molar-refractivity contribution in [3.8, 4) is 11.1 Å². The van der Waals surface area contributed by atoms with Crippen molar-refractivity contribution in [2.45, 2.75) is 31.2 Å². The fourth-order valence-corrected chi connectivity index (χ4v) is 3.80. The number of hydrogen-bond donors (Lipinski definition) is 2. The predicted octanol–water partition coefficient (Wildman–Crippen LogP) is 3.73. The first-order valence-electron chi connectivity index (χ1n) is 9.36. The molecular formula is C23H25NO4. The van der Waals surface area contributed by atoms with Crippen molar-refractivity contribution in [3.63, 3.8) is 0 Å². The van der Waals surface area contributed by atoms with Crippen LogP contribution in [0.1, 0.15) is 36.8 Å². The SMILES string of the molecule is C=CCCC(C(=O)OCC1c2ccccc2-c2ccccc21)[C@](C)(N)C(=O)O. The minimum atomic E-state index is -1.70. The Labute approximate surface area is 164 Å². The van der Waals surface area contributed by atoms with Crippen LogP contribution >= 0.6 is 0 Å². The third-order valence-electron chi connectivity index (χ3n) is 5.48. The maximum Gasteiger partial charge on any atom is 0.324 e. The van der Waals surface area contributed by atoms with E-state index < -0.39 is 23.4 Å². The Morgan fingerprint density at radius 3 is 2.21 bits per heavy atom. The van der Waals surface area contributed by atoms with Crippen LogP contribution in [-0.2, 0) is 14.3 Å². The number of carboxylic acid groups (broad SMARTS) is 1. The van der Waals surface area contributed by atoms with Gasteiger partial charge in [0.2, 0.25) is 0 Å². The molecule has 2 aromatic rings. The summed E-state index contributed by atoms with van der Waals surface area (Å²) < 4.78 is 5.62. The molecule has 0 bridgehead atoms. The van der Waals surface area contributed by atoms with Crippen molar-refractivity contribution in [2.75, 3.05) is 6.61 Å². The molecule has 0 fully saturated rings. The lowest BCUT2D eigenvalue weighted by molar-refractivity contribution is -0.159. The molecule has 0 aliphatic heterocycles. The second-order valence-corrected chi connectivity index (χ2v) is 7.36. The third-order valence-corrected chi connectivity index (χ3v) is 5.48. The zero-order valence-electron chi connectivity index (χ0n) is 15.9. The zero-order valence-corrected chi connectivity index (χ0v) is 15.9. The van der Waals surface area contributed by atoms with Gasteiger partial charge in [-0.15, -0.1) is 6.58 Å². The fraction of sp³-hybridized carbons (Fsp3) is 0.304. The Morgan fingerprint density at radius 1 is 1.18 bits per heavy atom. The lowest BCUT2D eigenvalue weighted by Crippen LogP contribution is -2.54. The van der Waals surface area contributed by atoms with Crippen molar-refractivity contribution in [3.05, 3.63) is 72.3 Å². The van der Waals surface area contributed by atoms with Gasteiger partial charge in [-0.3, -0.25) is 9.59 Å². The minimum absolute atomic E-state index is 0.0785. The maximum absolute atomic E-state index is 12.8. The number of hydrogen-bond acceptors (Lipinski definition) is 4. The first-order valence-corrected chi connectivity index (χ1v) is 9.36. The van der Waals surface area contributed by atoms with Crippen LogP contribution in [0, 0.1) is 5.92 Å². The number of carbonyl (C=O) groups excluding carboxylic acids is 1. The van der Waals surface area contributed by atoms with Gasteiger partial charge in [0.1, 0.15) is 12.1 Å². The third kappa shape index (κ3) is 3.58. The number of allylic oxidation sites excluding steroid dienone is 1. The molecule has 0 aromatic heterocycles. The highest BCUT2D eigenvalue weighted by Gasteiger charge is 2.43. The van der Waals surface area contributed by atoms with Crippen LogP contribution in [0.5, 0.6) is 0 Å². The number of ether oxygens (including phenoxy) is 1. The zero-order chi connectivity index (χ0) is 20.3. The molecule has 0 radical (unpaired) electrons. The highest BCUT2D eigenvalue weighted by Crippen LogP contribution is 2.44. The molecule has 0 amide bonds. The van der Waals surface area contributed by atoms with Gasteiger partial charge in [0.15, 0.2) is 0 Å². The largest absolute Gasteiger partial charge is 0.480 e. The molecule has 1 aliphatic carbocycles. The molecule has 0 saturated carbocycles. The summed E-state index contributed by atoms with van der Waals surface area (Å²) in [6, 6.07) is 16.1. The summed E-state index contributed by atoms with van der Waals surface area (Å²) in [6.45, 7) is 5.14. The van der Waals surface area contributed by atoms with Gasteiger partial charge in [-0.2, -0.15) is 0 Å². The van der Waals surface area contributed by atoms with E-state index in [1.165, 1.54) is 6.92 Å². The Hall–Kier alpha value is -2.92. The monoisotopic (exact) mass is 379 g/mol. The van der Waals surface area contributed by atoms with Gasteiger partial charge >= 0.3 is 11.9 Å². The van der Waals surface area contributed by atoms with Gasteiger partial charge < -0.3 is 15.6 Å². The van der Waals surface area contributed by atoms with E-state index in [4.69, 9.17) is 10.5 Å². The molecule has 0 spiro atoms. The number of carboxylic acids is 1. The summed E-state index contributed by atoms with van der Waals surface area (Å²) in [5.41, 5.74) is 8.73. The first kappa shape index (κ1) is 19.8. The molecule has 3 N–H and O–H groups in total. The van der Waals surface area contributed by atoms with Crippen molar-refractivity contribution in [2.24, 2.45) is 11.7 Å². The second-order valence-electron chi connectivity index (χ2n) is 7.36. The Kier molecular flexibility index (Phi) is 5.66. The number of fused-ring (bicyclic) bond motifs is 3. The summed E-state index contributed by atoms with van der Waals surface area (Å²) in [4.78, 5) is 24.3. The van der Waals surface area contributed by atoms with Crippen molar-refractivity contribution in [1.29, 1.82) is 0 Å². The Morgan fingerprint density at radius 2 is 1.71 bits per heavy atom. The molecule has 0 heterocycles. The number of benzene rings is 2. The summed E-state index contributed by atoms with van der Waals surface area (Å²) >= 11 is 0. The summed E-state index contributed by atoms with van der Waals surface area (Å²) in [5, 5.41) is 9.44. The predicted molar refractivity (Wildman–Crippen MR) is 108 cm³/mol. The highest BCUT2D eigenvalue weighted by atomic mass is 16.5. The molecule has 3 rings (SSSR count). The van der Waals surface area contributed by atoms with E-state index in [0.717, 1.165) is 22.3 Å². The topological polar surface area (TPSA) is 89.6 Å². The van der Waals surface area contributed by atoms with Crippen LogP contribution in [0.4, 0.5) is 0 Å². The van der Waals surface area contributed by atoms with Crippen LogP contribution in [0.15, 0.2) is 61.2 Å². The molecule has 28 heavy (non-hydrogen) atoms. The van der Waals surface area contributed by atoms with Crippen molar-refractivity contribution < 1.29 is 19.4 Å². The average Bonchev–Trinajstić information content (AvgIpc) is 3.00. The lowest BCUT2D eigenvalue weighted by Gasteiger charge is -2.28. The average molecular weight is 379 g/mol. The standard InChI is InChI=1S/C23H25NO4/c1-3-4-13-20(23(2,24)22(26)27)21(25)28-14-19-17-11-7-5-9-15(17)16-10-6-8-12-18(16)19/h3,5-12,19-20H,1,4,13-14,24H2,2H3,(H,26,27)/t20?,23-/m0/s1. The molecule has 2 atom stereocenters. The van der Waals surface area contributed by atoms with Crippen LogP contribution in [-0.4, -0.2) is 29.2 Å². The number of rotatable bonds is 8. The molecule has 0 saturated heterocycles. The molecule has 1 unspecified atom stereocenters. The van der Waals surface area contributed by atoms with E-state index in [-0.39, 0.29) is 18.9 Å². The molecule has 2 aromatic carbocycles. The fourth-order valence-electron chi connectivity index (χ4n) is 3.80. The molecule has 5 nitrogen and oxygen atoms in total. The van der Waals surface area contributed by atoms with Gasteiger partial charge in [-0.05, 0) is 42.0 Å². The normalized spacial score (nSPS) is 15.8. The van der Waals surface area contributed by atoms with Crippen molar-refractivity contribution >= 4 is 11.9 Å². The number of nitrogens with two attached hydrogens (primary N) is 1. The van der Waals surface area contributed by atoms with E-state index in [2.05, 4.69) is 18.7 Å². The maximum atomic E-state index is 12.8. The number of carbonyl (C=O) groups is 2. The lowest BCUT2D eigenvalue weighted by atomic mass is 9.83. The van der Waals surface area contributed by atoms with Gasteiger partial charge in [0.25, 0.3) is 0 Å². The van der Waals surface area contributed by atoms with Gasteiger partial charge in [-0.1, -0.05) is 54.6 Å². The first-order chi connectivity index (χ1) is 13.4. The van der Waals surface area contributed by atoms with E-state index in [9.17, 15) is 14.7 Å². The van der Waals surface area contributed by atoms with E-state index in [1.54, 1.807) is 6.08 Å². The molecule has 1 aliphatic rings.